The molecule has 0 N–H and O–H groups in total. The molecule has 2 unspecified atom stereocenters. The maximum Gasteiger partial charge on any atom is 0.197 e. The van der Waals surface area contributed by atoms with Gasteiger partial charge in [0, 0.05) is 0 Å². The maximum atomic E-state index is 13.4. The summed E-state index contributed by atoms with van der Waals surface area (Å²) in [6.45, 7) is 5.85. The van der Waals surface area contributed by atoms with Gasteiger partial charge in [0.05, 0.1) is 14.2 Å². The van der Waals surface area contributed by atoms with E-state index in [1.54, 1.807) is 30.3 Å². The molecule has 0 aromatic heterocycles. The van der Waals surface area contributed by atoms with Gasteiger partial charge in [0.25, 0.3) is 0 Å². The van der Waals surface area contributed by atoms with Crippen molar-refractivity contribution in [1.29, 1.82) is 0 Å². The van der Waals surface area contributed by atoms with Crippen molar-refractivity contribution in [2.24, 2.45) is 0 Å². The second-order valence-corrected chi connectivity index (χ2v) is 13.0. The summed E-state index contributed by atoms with van der Waals surface area (Å²) in [7, 11) is -1.79. The largest absolute Gasteiger partial charge is 0.496 e. The van der Waals surface area contributed by atoms with Gasteiger partial charge in [-0.3, -0.25) is 9.36 Å². The third-order valence-electron chi connectivity index (χ3n) is 3.71. The normalized spacial score (nSPS) is 13.7. The smallest absolute Gasteiger partial charge is 0.197 e. The molecule has 7 heteroatoms. The number of benzene rings is 2. The highest BCUT2D eigenvalue weighted by Gasteiger charge is 2.34. The van der Waals surface area contributed by atoms with E-state index in [4.69, 9.17) is 13.7 Å². The average Bonchev–Trinajstić information content (AvgIpc) is 2.60. The quantitative estimate of drug-likeness (QED) is 0.361. The molecular formula is C19H25O5PSi. The van der Waals surface area contributed by atoms with Crippen molar-refractivity contribution in [3.63, 3.8) is 0 Å². The van der Waals surface area contributed by atoms with Crippen LogP contribution in [0, 0.1) is 0 Å². The number of Topliss-reactive ketones (excluding diaryl/α,β-unsaturated/α-hetero) is 1. The van der Waals surface area contributed by atoms with Crippen molar-refractivity contribution in [3.05, 3.63) is 59.7 Å². The van der Waals surface area contributed by atoms with Crippen LogP contribution in [0.5, 0.6) is 11.5 Å². The molecular weight excluding hydrogens is 367 g/mol. The predicted octanol–water partition coefficient (Wildman–Crippen LogP) is 4.95. The molecule has 0 heterocycles. The minimum absolute atomic E-state index is 0.281. The van der Waals surface area contributed by atoms with Crippen LogP contribution in [0.15, 0.2) is 48.5 Å². The lowest BCUT2D eigenvalue weighted by Crippen LogP contribution is -2.23. The van der Waals surface area contributed by atoms with E-state index >= 15 is 0 Å². The van der Waals surface area contributed by atoms with Gasteiger partial charge in [-0.15, -0.1) is 0 Å². The number of methoxy groups -OCH3 is 2. The summed E-state index contributed by atoms with van der Waals surface area (Å²) in [5.74, 6) is 0.448. The molecule has 0 bridgehead atoms. The summed E-state index contributed by atoms with van der Waals surface area (Å²) in [6.07, 6.45) is 0. The summed E-state index contributed by atoms with van der Waals surface area (Å²) in [4.78, 5) is 13.4. The number of ether oxygens (including phenoxy) is 2. The van der Waals surface area contributed by atoms with E-state index in [0.717, 1.165) is 0 Å². The molecule has 0 aliphatic heterocycles. The summed E-state index contributed by atoms with van der Waals surface area (Å²) in [5, 5.41) is 0. The zero-order valence-corrected chi connectivity index (χ0v) is 17.7. The molecule has 140 valence electrons. The van der Waals surface area contributed by atoms with E-state index in [-0.39, 0.29) is 11.3 Å². The topological polar surface area (TPSA) is 61.8 Å². The Kier molecular flexibility index (Phi) is 6.81. The number of ketones is 1. The summed E-state index contributed by atoms with van der Waals surface area (Å²) < 4.78 is 29.6. The van der Waals surface area contributed by atoms with Crippen molar-refractivity contribution in [3.8, 4) is 11.5 Å². The van der Waals surface area contributed by atoms with Crippen LogP contribution >= 0.6 is 8.03 Å². The molecule has 2 atom stereocenters. The van der Waals surface area contributed by atoms with E-state index in [9.17, 15) is 9.36 Å². The van der Waals surface area contributed by atoms with Crippen LogP contribution in [0.1, 0.15) is 21.6 Å². The standard InChI is InChI=1S/C19H25O5PSi/c1-22-15-12-9-13-16(23-2)17(15)18(20)19(14-10-7-6-8-11-14)25(21)24-26(3,4)5/h6-13,19,25H,1-5H3. The van der Waals surface area contributed by atoms with Crippen LogP contribution in [0.25, 0.3) is 0 Å². The zero-order valence-electron chi connectivity index (χ0n) is 15.7. The Morgan fingerprint density at radius 2 is 1.46 bits per heavy atom. The molecule has 2 rings (SSSR count). The van der Waals surface area contributed by atoms with Gasteiger partial charge < -0.3 is 13.7 Å². The minimum atomic E-state index is -2.68. The van der Waals surface area contributed by atoms with Crippen LogP contribution in [0.3, 0.4) is 0 Å². The van der Waals surface area contributed by atoms with Gasteiger partial charge in [0.1, 0.15) is 22.7 Å². The lowest BCUT2D eigenvalue weighted by molar-refractivity contribution is 0.0979. The van der Waals surface area contributed by atoms with Crippen LogP contribution in [0.2, 0.25) is 19.6 Å². The predicted molar refractivity (Wildman–Crippen MR) is 106 cm³/mol. The third-order valence-corrected chi connectivity index (χ3v) is 8.03. The van der Waals surface area contributed by atoms with E-state index in [1.807, 2.05) is 37.8 Å². The van der Waals surface area contributed by atoms with E-state index < -0.39 is 22.0 Å². The van der Waals surface area contributed by atoms with Gasteiger partial charge in [0.15, 0.2) is 22.1 Å². The van der Waals surface area contributed by atoms with Crippen molar-refractivity contribution in [2.45, 2.75) is 25.3 Å². The molecule has 5 nitrogen and oxygen atoms in total. The molecule has 0 aliphatic carbocycles. The second-order valence-electron chi connectivity index (χ2n) is 6.78. The lowest BCUT2D eigenvalue weighted by Gasteiger charge is -2.23. The fraction of sp³-hybridized carbons (Fsp3) is 0.316. The first kappa shape index (κ1) is 20.4. The monoisotopic (exact) mass is 392 g/mol. The van der Waals surface area contributed by atoms with Gasteiger partial charge in [0.2, 0.25) is 0 Å². The van der Waals surface area contributed by atoms with Gasteiger partial charge in [-0.25, -0.2) is 0 Å². The number of hydrogen-bond acceptors (Lipinski definition) is 5. The van der Waals surface area contributed by atoms with Crippen LogP contribution in [-0.4, -0.2) is 28.3 Å². The van der Waals surface area contributed by atoms with Crippen LogP contribution in [-0.2, 0) is 8.78 Å². The number of hydrogen-bond donors (Lipinski definition) is 0. The van der Waals surface area contributed by atoms with E-state index in [0.29, 0.717) is 17.1 Å². The first-order valence-corrected chi connectivity index (χ1v) is 13.1. The first-order chi connectivity index (χ1) is 12.3. The number of carbonyl (C=O) groups excluding carboxylic acids is 1. The highest BCUT2D eigenvalue weighted by Crippen LogP contribution is 2.48. The fourth-order valence-corrected chi connectivity index (χ4v) is 6.35. The molecule has 0 saturated carbocycles. The first-order valence-electron chi connectivity index (χ1n) is 8.31. The summed E-state index contributed by atoms with van der Waals surface area (Å²) in [5.41, 5.74) is 0.0506. The Morgan fingerprint density at radius 1 is 0.923 bits per heavy atom. The van der Waals surface area contributed by atoms with Gasteiger partial charge in [-0.05, 0) is 37.3 Å². The van der Waals surface area contributed by atoms with E-state index in [2.05, 4.69) is 0 Å². The molecule has 26 heavy (non-hydrogen) atoms. The number of rotatable bonds is 8. The molecule has 0 saturated heterocycles. The Labute approximate surface area is 156 Å². The van der Waals surface area contributed by atoms with Gasteiger partial charge >= 0.3 is 0 Å². The van der Waals surface area contributed by atoms with Crippen LogP contribution in [0.4, 0.5) is 0 Å². The van der Waals surface area contributed by atoms with Crippen molar-refractivity contribution < 1.29 is 23.0 Å². The Bertz CT molecular complexity index is 764. The SMILES string of the molecule is COc1cccc(OC)c1C(=O)C(c1ccccc1)[PH](=O)O[Si](C)(C)C. The summed E-state index contributed by atoms with van der Waals surface area (Å²) in [6, 6.07) is 14.2. The molecule has 0 fully saturated rings. The molecule has 0 amide bonds. The zero-order chi connectivity index (χ0) is 19.3. The Balaban J connectivity index is 2.56. The Morgan fingerprint density at radius 3 is 1.92 bits per heavy atom. The van der Waals surface area contributed by atoms with Crippen LogP contribution < -0.4 is 9.47 Å². The molecule has 0 radical (unpaired) electrons. The lowest BCUT2D eigenvalue weighted by atomic mass is 10.0. The van der Waals surface area contributed by atoms with Gasteiger partial charge in [-0.2, -0.15) is 0 Å². The van der Waals surface area contributed by atoms with Crippen molar-refractivity contribution in [2.75, 3.05) is 14.2 Å². The molecule has 2 aromatic carbocycles. The minimum Gasteiger partial charge on any atom is -0.496 e. The van der Waals surface area contributed by atoms with E-state index in [1.165, 1.54) is 14.2 Å². The maximum absolute atomic E-state index is 13.4. The van der Waals surface area contributed by atoms with Gasteiger partial charge in [-0.1, -0.05) is 36.4 Å². The molecule has 0 spiro atoms. The molecule has 0 aliphatic rings. The average molecular weight is 392 g/mol. The molecule has 2 aromatic rings. The number of carbonyl (C=O) groups is 1. The highest BCUT2D eigenvalue weighted by molar-refractivity contribution is 7.43. The third kappa shape index (κ3) is 4.85. The fourth-order valence-electron chi connectivity index (χ4n) is 2.64. The van der Waals surface area contributed by atoms with Crippen molar-refractivity contribution >= 4 is 22.1 Å². The highest BCUT2D eigenvalue weighted by atomic mass is 31.1. The summed E-state index contributed by atoms with van der Waals surface area (Å²) >= 11 is 0. The van der Waals surface area contributed by atoms with Crippen molar-refractivity contribution in [1.82, 2.24) is 0 Å². The Hall–Kier alpha value is -1.88. The second kappa shape index (κ2) is 8.67.